The van der Waals surface area contributed by atoms with Crippen molar-refractivity contribution in [2.75, 3.05) is 7.11 Å². The van der Waals surface area contributed by atoms with Gasteiger partial charge in [0.25, 0.3) is 0 Å². The van der Waals surface area contributed by atoms with Crippen molar-refractivity contribution >= 4 is 5.57 Å². The zero-order chi connectivity index (χ0) is 13.7. The van der Waals surface area contributed by atoms with Crippen LogP contribution < -0.4 is 4.74 Å². The van der Waals surface area contributed by atoms with E-state index in [1.807, 2.05) is 55.5 Å². The van der Waals surface area contributed by atoms with Crippen LogP contribution in [0.1, 0.15) is 16.7 Å². The van der Waals surface area contributed by atoms with E-state index < -0.39 is 0 Å². The molecule has 0 aliphatic carbocycles. The van der Waals surface area contributed by atoms with E-state index in [1.165, 1.54) is 0 Å². The number of hydrogen-bond acceptors (Lipinski definition) is 2. The molecule has 2 heteroatoms. The highest BCUT2D eigenvalue weighted by Crippen LogP contribution is 2.27. The maximum absolute atomic E-state index is 9.00. The molecule has 0 aliphatic heterocycles. The Kier molecular flexibility index (Phi) is 4.00. The molecule has 0 fully saturated rings. The Morgan fingerprint density at radius 2 is 1.79 bits per heavy atom. The summed E-state index contributed by atoms with van der Waals surface area (Å²) < 4.78 is 5.15. The molecule has 0 bridgehead atoms. The van der Waals surface area contributed by atoms with Crippen molar-refractivity contribution in [1.29, 1.82) is 5.26 Å². The van der Waals surface area contributed by atoms with Crippen LogP contribution in [0.15, 0.2) is 54.6 Å². The first-order valence-corrected chi connectivity index (χ1v) is 6.06. The monoisotopic (exact) mass is 249 g/mol. The van der Waals surface area contributed by atoms with Gasteiger partial charge in [-0.2, -0.15) is 5.26 Å². The number of nitrogens with zero attached hydrogens (tertiary/aromatic N) is 1. The van der Waals surface area contributed by atoms with E-state index in [0.717, 1.165) is 28.0 Å². The van der Waals surface area contributed by atoms with Gasteiger partial charge in [0, 0.05) is 6.08 Å². The highest BCUT2D eigenvalue weighted by molar-refractivity contribution is 5.82. The lowest BCUT2D eigenvalue weighted by atomic mass is 9.94. The van der Waals surface area contributed by atoms with Crippen molar-refractivity contribution in [3.05, 3.63) is 71.3 Å². The summed E-state index contributed by atoms with van der Waals surface area (Å²) >= 11 is 0. The van der Waals surface area contributed by atoms with Gasteiger partial charge in [0.15, 0.2) is 0 Å². The summed E-state index contributed by atoms with van der Waals surface area (Å²) in [6.45, 7) is 2.05. The van der Waals surface area contributed by atoms with Crippen LogP contribution >= 0.6 is 0 Å². The third-order valence-electron chi connectivity index (χ3n) is 3.05. The fraction of sp³-hybridized carbons (Fsp3) is 0.118. The Labute approximate surface area is 113 Å². The van der Waals surface area contributed by atoms with E-state index in [-0.39, 0.29) is 0 Å². The minimum atomic E-state index is 0.810. The Morgan fingerprint density at radius 3 is 2.37 bits per heavy atom. The predicted molar refractivity (Wildman–Crippen MR) is 76.9 cm³/mol. The number of benzene rings is 2. The van der Waals surface area contributed by atoms with Gasteiger partial charge in [-0.05, 0) is 41.3 Å². The molecule has 19 heavy (non-hydrogen) atoms. The Bertz CT molecular complexity index is 633. The average molecular weight is 249 g/mol. The van der Waals surface area contributed by atoms with Crippen molar-refractivity contribution in [3.63, 3.8) is 0 Å². The standard InChI is InChI=1S/C17H15NO/c1-13-5-3-4-6-16(13)17(11-12-18)14-7-9-15(19-2)10-8-14/h3-11H,1-2H3/b17-11-. The molecular weight excluding hydrogens is 234 g/mol. The van der Waals surface area contributed by atoms with Gasteiger partial charge >= 0.3 is 0 Å². The van der Waals surface area contributed by atoms with Crippen LogP contribution in [0, 0.1) is 18.3 Å². The molecule has 0 saturated carbocycles. The van der Waals surface area contributed by atoms with Gasteiger partial charge in [-0.25, -0.2) is 0 Å². The van der Waals surface area contributed by atoms with Crippen LogP contribution in [0.3, 0.4) is 0 Å². The first-order chi connectivity index (χ1) is 9.26. The molecule has 0 heterocycles. The summed E-state index contributed by atoms with van der Waals surface area (Å²) in [7, 11) is 1.64. The van der Waals surface area contributed by atoms with Crippen molar-refractivity contribution in [2.45, 2.75) is 6.92 Å². The summed E-state index contributed by atoms with van der Waals surface area (Å²) in [6.07, 6.45) is 1.59. The number of methoxy groups -OCH3 is 1. The first-order valence-electron chi connectivity index (χ1n) is 6.06. The number of aryl methyl sites for hydroxylation is 1. The molecule has 94 valence electrons. The van der Waals surface area contributed by atoms with E-state index in [2.05, 4.69) is 6.07 Å². The van der Waals surface area contributed by atoms with E-state index in [9.17, 15) is 0 Å². The van der Waals surface area contributed by atoms with Crippen LogP contribution in [-0.4, -0.2) is 7.11 Å². The summed E-state index contributed by atoms with van der Waals surface area (Å²) in [6, 6.07) is 17.9. The molecule has 0 unspecified atom stereocenters. The third-order valence-corrected chi connectivity index (χ3v) is 3.05. The van der Waals surface area contributed by atoms with Gasteiger partial charge in [0.2, 0.25) is 0 Å². The Morgan fingerprint density at radius 1 is 1.11 bits per heavy atom. The first kappa shape index (κ1) is 12.9. The quantitative estimate of drug-likeness (QED) is 0.771. The second-order valence-electron chi connectivity index (χ2n) is 4.23. The molecule has 2 nitrogen and oxygen atoms in total. The largest absolute Gasteiger partial charge is 0.497 e. The van der Waals surface area contributed by atoms with Crippen molar-refractivity contribution in [3.8, 4) is 11.8 Å². The molecule has 0 N–H and O–H groups in total. The van der Waals surface area contributed by atoms with E-state index in [1.54, 1.807) is 13.2 Å². The fourth-order valence-corrected chi connectivity index (χ4v) is 2.03. The van der Waals surface area contributed by atoms with Gasteiger partial charge < -0.3 is 4.74 Å². The third kappa shape index (κ3) is 2.83. The predicted octanol–water partition coefficient (Wildman–Crippen LogP) is 3.96. The Hall–Kier alpha value is -2.53. The highest BCUT2D eigenvalue weighted by atomic mass is 16.5. The molecular formula is C17H15NO. The van der Waals surface area contributed by atoms with Crippen LogP contribution in [-0.2, 0) is 0 Å². The maximum atomic E-state index is 9.00. The van der Waals surface area contributed by atoms with E-state index >= 15 is 0 Å². The normalized spacial score (nSPS) is 10.9. The summed E-state index contributed by atoms with van der Waals surface area (Å²) in [5, 5.41) is 9.00. The number of nitriles is 1. The number of hydrogen-bond donors (Lipinski definition) is 0. The number of rotatable bonds is 3. The van der Waals surface area contributed by atoms with Gasteiger partial charge in [-0.15, -0.1) is 0 Å². The molecule has 2 rings (SSSR count). The zero-order valence-electron chi connectivity index (χ0n) is 11.1. The van der Waals surface area contributed by atoms with Crippen LogP contribution in [0.4, 0.5) is 0 Å². The van der Waals surface area contributed by atoms with Crippen molar-refractivity contribution in [1.82, 2.24) is 0 Å². The van der Waals surface area contributed by atoms with Crippen LogP contribution in [0.5, 0.6) is 5.75 Å². The molecule has 0 amide bonds. The maximum Gasteiger partial charge on any atom is 0.118 e. The lowest BCUT2D eigenvalue weighted by Gasteiger charge is -2.10. The van der Waals surface area contributed by atoms with Gasteiger partial charge in [0.1, 0.15) is 5.75 Å². The Balaban J connectivity index is 2.50. The zero-order valence-corrected chi connectivity index (χ0v) is 11.1. The highest BCUT2D eigenvalue weighted by Gasteiger charge is 2.07. The van der Waals surface area contributed by atoms with Crippen molar-refractivity contribution < 1.29 is 4.74 Å². The average Bonchev–Trinajstić information content (AvgIpc) is 2.46. The minimum Gasteiger partial charge on any atom is -0.497 e. The minimum absolute atomic E-state index is 0.810. The summed E-state index contributed by atoms with van der Waals surface area (Å²) in [5.74, 6) is 0.810. The summed E-state index contributed by atoms with van der Waals surface area (Å²) in [5.41, 5.74) is 4.17. The lowest BCUT2D eigenvalue weighted by molar-refractivity contribution is 0.415. The van der Waals surface area contributed by atoms with E-state index in [0.29, 0.717) is 0 Å². The molecule has 0 atom stereocenters. The van der Waals surface area contributed by atoms with Gasteiger partial charge in [-0.3, -0.25) is 0 Å². The van der Waals surface area contributed by atoms with E-state index in [4.69, 9.17) is 10.00 Å². The van der Waals surface area contributed by atoms with Crippen LogP contribution in [0.25, 0.3) is 5.57 Å². The molecule has 0 spiro atoms. The summed E-state index contributed by atoms with van der Waals surface area (Å²) in [4.78, 5) is 0. The molecule has 0 radical (unpaired) electrons. The SMILES string of the molecule is COc1ccc(/C(=C/C#N)c2ccccc2C)cc1. The molecule has 0 aromatic heterocycles. The van der Waals surface area contributed by atoms with Gasteiger partial charge in [-0.1, -0.05) is 36.4 Å². The second kappa shape index (κ2) is 5.88. The second-order valence-corrected chi connectivity index (χ2v) is 4.23. The number of allylic oxidation sites excluding steroid dienone is 1. The smallest absolute Gasteiger partial charge is 0.118 e. The molecule has 0 aliphatic rings. The molecule has 2 aromatic carbocycles. The topological polar surface area (TPSA) is 33.0 Å². The molecule has 2 aromatic rings. The fourth-order valence-electron chi connectivity index (χ4n) is 2.03. The number of ether oxygens (including phenoxy) is 1. The van der Waals surface area contributed by atoms with Crippen LogP contribution in [0.2, 0.25) is 0 Å². The van der Waals surface area contributed by atoms with Gasteiger partial charge in [0.05, 0.1) is 13.2 Å². The van der Waals surface area contributed by atoms with Crippen molar-refractivity contribution in [2.24, 2.45) is 0 Å². The lowest BCUT2D eigenvalue weighted by Crippen LogP contribution is -1.92. The molecule has 0 saturated heterocycles.